The van der Waals surface area contributed by atoms with Gasteiger partial charge in [-0.1, -0.05) is 18.2 Å². The first-order valence-corrected chi connectivity index (χ1v) is 10.6. The number of aromatic nitrogens is 1. The maximum absolute atomic E-state index is 5.41. The average Bonchev–Trinajstić information content (AvgIpc) is 2.79. The molecule has 0 spiro atoms. The van der Waals surface area contributed by atoms with Crippen LogP contribution in [0, 0.1) is 0 Å². The van der Waals surface area contributed by atoms with E-state index in [1.807, 2.05) is 30.5 Å². The molecule has 1 aliphatic heterocycles. The normalized spacial score (nSPS) is 16.0. The predicted molar refractivity (Wildman–Crippen MR) is 123 cm³/mol. The van der Waals surface area contributed by atoms with Crippen LogP contribution in [0.1, 0.15) is 18.5 Å². The Bertz CT molecular complexity index is 802. The summed E-state index contributed by atoms with van der Waals surface area (Å²) >= 11 is 0. The Morgan fingerprint density at radius 2 is 1.97 bits per heavy atom. The number of hydrogen-bond donors (Lipinski definition) is 1. The van der Waals surface area contributed by atoms with Gasteiger partial charge >= 0.3 is 0 Å². The molecular formula is C23H34N6O. The minimum Gasteiger partial charge on any atom is -0.497 e. The molecule has 0 amide bonds. The third kappa shape index (κ3) is 5.63. The Balaban J connectivity index is 1.68. The van der Waals surface area contributed by atoms with E-state index in [1.54, 1.807) is 7.11 Å². The predicted octanol–water partition coefficient (Wildman–Crippen LogP) is 2.48. The summed E-state index contributed by atoms with van der Waals surface area (Å²) in [6.45, 7) is 7.38. The van der Waals surface area contributed by atoms with Crippen molar-refractivity contribution in [3.05, 3.63) is 54.2 Å². The van der Waals surface area contributed by atoms with E-state index in [-0.39, 0.29) is 6.04 Å². The lowest BCUT2D eigenvalue weighted by Crippen LogP contribution is -2.53. The van der Waals surface area contributed by atoms with E-state index < -0.39 is 0 Å². The largest absolute Gasteiger partial charge is 0.497 e. The van der Waals surface area contributed by atoms with Gasteiger partial charge < -0.3 is 24.8 Å². The fourth-order valence-electron chi connectivity index (χ4n) is 3.70. The smallest absolute Gasteiger partial charge is 0.194 e. The maximum atomic E-state index is 5.41. The van der Waals surface area contributed by atoms with Gasteiger partial charge in [-0.05, 0) is 50.8 Å². The summed E-state index contributed by atoms with van der Waals surface area (Å²) in [5.41, 5.74) is 1.21. The second-order valence-electron chi connectivity index (χ2n) is 7.61. The summed E-state index contributed by atoms with van der Waals surface area (Å²) in [6.07, 6.45) is 1.85. The number of nitrogens with zero attached hydrogens (tertiary/aromatic N) is 5. The number of aliphatic imine (C=N–C) groups is 1. The Kier molecular flexibility index (Phi) is 7.90. The molecule has 1 saturated heterocycles. The Morgan fingerprint density at radius 1 is 1.17 bits per heavy atom. The number of ether oxygens (including phenoxy) is 1. The fourth-order valence-corrected chi connectivity index (χ4v) is 3.70. The number of nitrogens with one attached hydrogen (secondary N) is 1. The molecule has 7 nitrogen and oxygen atoms in total. The van der Waals surface area contributed by atoms with Crippen molar-refractivity contribution in [2.45, 2.75) is 13.0 Å². The van der Waals surface area contributed by atoms with Crippen molar-refractivity contribution in [2.75, 3.05) is 65.4 Å². The van der Waals surface area contributed by atoms with Crippen LogP contribution in [-0.4, -0.2) is 81.2 Å². The third-order valence-corrected chi connectivity index (χ3v) is 5.40. The van der Waals surface area contributed by atoms with E-state index in [4.69, 9.17) is 9.73 Å². The monoisotopic (exact) mass is 410 g/mol. The molecule has 1 aliphatic rings. The molecule has 1 N–H and O–H groups in total. The van der Waals surface area contributed by atoms with Gasteiger partial charge in [-0.2, -0.15) is 0 Å². The molecule has 1 aromatic carbocycles. The van der Waals surface area contributed by atoms with Crippen molar-refractivity contribution in [3.63, 3.8) is 0 Å². The quantitative estimate of drug-likeness (QED) is 0.559. The first-order valence-electron chi connectivity index (χ1n) is 10.6. The van der Waals surface area contributed by atoms with Crippen molar-refractivity contribution in [1.82, 2.24) is 20.1 Å². The Labute approximate surface area is 180 Å². The average molecular weight is 411 g/mol. The number of hydrogen-bond acceptors (Lipinski definition) is 5. The van der Waals surface area contributed by atoms with Gasteiger partial charge in [-0.25, -0.2) is 4.98 Å². The van der Waals surface area contributed by atoms with Crippen molar-refractivity contribution >= 4 is 11.8 Å². The van der Waals surface area contributed by atoms with Gasteiger partial charge in [-0.15, -0.1) is 0 Å². The van der Waals surface area contributed by atoms with Crippen LogP contribution in [0.2, 0.25) is 0 Å². The molecule has 30 heavy (non-hydrogen) atoms. The molecule has 2 heterocycles. The highest BCUT2D eigenvalue weighted by Crippen LogP contribution is 2.23. The highest BCUT2D eigenvalue weighted by Gasteiger charge is 2.21. The summed E-state index contributed by atoms with van der Waals surface area (Å²) < 4.78 is 5.41. The summed E-state index contributed by atoms with van der Waals surface area (Å²) in [4.78, 5) is 16.4. The molecule has 7 heteroatoms. The second kappa shape index (κ2) is 10.8. The molecular weight excluding hydrogens is 376 g/mol. The maximum Gasteiger partial charge on any atom is 0.194 e. The van der Waals surface area contributed by atoms with E-state index in [2.05, 4.69) is 64.2 Å². The van der Waals surface area contributed by atoms with E-state index in [9.17, 15) is 0 Å². The van der Waals surface area contributed by atoms with E-state index in [0.717, 1.165) is 50.3 Å². The van der Waals surface area contributed by atoms with Gasteiger partial charge in [0.05, 0.1) is 19.7 Å². The van der Waals surface area contributed by atoms with Gasteiger partial charge in [0.1, 0.15) is 11.6 Å². The zero-order valence-corrected chi connectivity index (χ0v) is 18.6. The van der Waals surface area contributed by atoms with Gasteiger partial charge in [0.2, 0.25) is 0 Å². The van der Waals surface area contributed by atoms with Crippen molar-refractivity contribution < 1.29 is 4.74 Å². The number of benzene rings is 1. The topological polar surface area (TPSA) is 56.2 Å². The van der Waals surface area contributed by atoms with Crippen LogP contribution in [0.4, 0.5) is 5.82 Å². The van der Waals surface area contributed by atoms with Crippen LogP contribution in [0.3, 0.4) is 0 Å². The summed E-state index contributed by atoms with van der Waals surface area (Å²) in [6, 6.07) is 14.5. The first-order chi connectivity index (χ1) is 14.6. The highest BCUT2D eigenvalue weighted by molar-refractivity contribution is 5.80. The molecule has 1 atom stereocenters. The number of likely N-dealkylation sites (N-methyl/N-ethyl adjacent to an activating group) is 1. The number of piperazine rings is 1. The minimum atomic E-state index is 0.184. The fraction of sp³-hybridized carbons (Fsp3) is 0.478. The summed E-state index contributed by atoms with van der Waals surface area (Å²) in [5, 5.41) is 3.47. The van der Waals surface area contributed by atoms with Crippen LogP contribution >= 0.6 is 0 Å². The zero-order valence-electron chi connectivity index (χ0n) is 18.6. The zero-order chi connectivity index (χ0) is 21.3. The molecule has 1 aromatic heterocycles. The van der Waals surface area contributed by atoms with Crippen LogP contribution in [0.5, 0.6) is 5.75 Å². The Hall–Kier alpha value is -2.80. The first kappa shape index (κ1) is 21.9. The van der Waals surface area contributed by atoms with E-state index in [1.165, 1.54) is 5.56 Å². The summed E-state index contributed by atoms with van der Waals surface area (Å²) in [7, 11) is 5.90. The van der Waals surface area contributed by atoms with Gasteiger partial charge in [0.25, 0.3) is 0 Å². The lowest BCUT2D eigenvalue weighted by Gasteiger charge is -2.37. The van der Waals surface area contributed by atoms with E-state index in [0.29, 0.717) is 6.54 Å². The number of methoxy groups -OCH3 is 1. The SMILES string of the molecule is CCNC(=NCC(c1cccc(OC)c1)N(C)C)N1CCN(c2ccccn2)CC1. The van der Waals surface area contributed by atoms with Crippen LogP contribution in [0.25, 0.3) is 0 Å². The standard InChI is InChI=1S/C23H34N6O/c1-5-24-23(29-15-13-28(14-16-29)22-11-6-7-12-25-22)26-18-21(27(2)3)19-9-8-10-20(17-19)30-4/h6-12,17,21H,5,13-16,18H2,1-4H3,(H,24,26). The van der Waals surface area contributed by atoms with Crippen molar-refractivity contribution in [3.8, 4) is 5.75 Å². The molecule has 1 fully saturated rings. The van der Waals surface area contributed by atoms with Crippen LogP contribution in [0.15, 0.2) is 53.7 Å². The van der Waals surface area contributed by atoms with Gasteiger partial charge in [-0.3, -0.25) is 4.99 Å². The molecule has 0 aliphatic carbocycles. The molecule has 0 saturated carbocycles. The van der Waals surface area contributed by atoms with Crippen LogP contribution in [-0.2, 0) is 0 Å². The Morgan fingerprint density at radius 3 is 2.60 bits per heavy atom. The number of pyridine rings is 1. The summed E-state index contributed by atoms with van der Waals surface area (Å²) in [5.74, 6) is 2.90. The van der Waals surface area contributed by atoms with Crippen molar-refractivity contribution in [2.24, 2.45) is 4.99 Å². The molecule has 0 radical (unpaired) electrons. The van der Waals surface area contributed by atoms with Crippen LogP contribution < -0.4 is 15.0 Å². The van der Waals surface area contributed by atoms with Gasteiger partial charge in [0.15, 0.2) is 5.96 Å². The lowest BCUT2D eigenvalue weighted by atomic mass is 10.1. The number of anilines is 1. The highest BCUT2D eigenvalue weighted by atomic mass is 16.5. The molecule has 2 aromatic rings. The van der Waals surface area contributed by atoms with Gasteiger partial charge in [0, 0.05) is 38.9 Å². The second-order valence-corrected chi connectivity index (χ2v) is 7.61. The number of guanidine groups is 1. The molecule has 0 bridgehead atoms. The van der Waals surface area contributed by atoms with Crippen molar-refractivity contribution in [1.29, 1.82) is 0 Å². The molecule has 162 valence electrons. The third-order valence-electron chi connectivity index (χ3n) is 5.40. The lowest BCUT2D eigenvalue weighted by molar-refractivity contribution is 0.302. The molecule has 1 unspecified atom stereocenters. The molecule has 3 rings (SSSR count). The van der Waals surface area contributed by atoms with E-state index >= 15 is 0 Å². The number of rotatable bonds is 7. The minimum absolute atomic E-state index is 0.184.